The lowest BCUT2D eigenvalue weighted by Gasteiger charge is -2.25. The van der Waals surface area contributed by atoms with Crippen LogP contribution in [0, 0.1) is 5.92 Å². The highest BCUT2D eigenvalue weighted by Crippen LogP contribution is 2.14. The minimum Gasteiger partial charge on any atom is -0.384 e. The summed E-state index contributed by atoms with van der Waals surface area (Å²) in [5.74, 6) is 0.712. The van der Waals surface area contributed by atoms with Crippen molar-refractivity contribution in [1.29, 1.82) is 0 Å². The Bertz CT molecular complexity index is 202. The van der Waals surface area contributed by atoms with Gasteiger partial charge in [0.25, 0.3) is 0 Å². The van der Waals surface area contributed by atoms with Crippen LogP contribution in [-0.4, -0.2) is 25.3 Å². The summed E-state index contributed by atoms with van der Waals surface area (Å²) in [7, 11) is 0. The summed E-state index contributed by atoms with van der Waals surface area (Å²) in [4.78, 5) is 4.40. The number of nitrogens with zero attached hydrogens (tertiary/aromatic N) is 1. The first-order valence-corrected chi connectivity index (χ1v) is 4.62. The van der Waals surface area contributed by atoms with Crippen LogP contribution in [0.15, 0.2) is 17.4 Å². The van der Waals surface area contributed by atoms with Gasteiger partial charge in [0.1, 0.15) is 0 Å². The molecule has 12 heavy (non-hydrogen) atoms. The van der Waals surface area contributed by atoms with E-state index in [1.54, 1.807) is 0 Å². The molecule has 2 aliphatic heterocycles. The summed E-state index contributed by atoms with van der Waals surface area (Å²) in [6, 6.07) is 0. The maximum absolute atomic E-state index is 4.40. The van der Waals surface area contributed by atoms with Gasteiger partial charge < -0.3 is 10.6 Å². The van der Waals surface area contributed by atoms with Crippen LogP contribution in [0.1, 0.15) is 12.8 Å². The SMILES string of the molecule is C1=CNCC(C2CCNCC2)=N1. The Balaban J connectivity index is 1.97. The molecule has 2 aliphatic rings. The molecule has 2 rings (SSSR count). The molecule has 2 N–H and O–H groups in total. The summed E-state index contributed by atoms with van der Waals surface area (Å²) < 4.78 is 0. The van der Waals surface area contributed by atoms with Gasteiger partial charge >= 0.3 is 0 Å². The third kappa shape index (κ3) is 1.67. The van der Waals surface area contributed by atoms with E-state index >= 15 is 0 Å². The molecule has 3 nitrogen and oxygen atoms in total. The van der Waals surface area contributed by atoms with Gasteiger partial charge in [-0.25, -0.2) is 0 Å². The lowest BCUT2D eigenvalue weighted by Crippen LogP contribution is -2.36. The molecular weight excluding hydrogens is 150 g/mol. The van der Waals surface area contributed by atoms with Crippen molar-refractivity contribution in [3.63, 3.8) is 0 Å². The largest absolute Gasteiger partial charge is 0.384 e. The number of rotatable bonds is 1. The smallest absolute Gasteiger partial charge is 0.0531 e. The number of hydrogen-bond donors (Lipinski definition) is 2. The van der Waals surface area contributed by atoms with E-state index in [4.69, 9.17) is 0 Å². The fourth-order valence-corrected chi connectivity index (χ4v) is 1.80. The zero-order valence-corrected chi connectivity index (χ0v) is 7.21. The van der Waals surface area contributed by atoms with Gasteiger partial charge in [-0.05, 0) is 25.9 Å². The van der Waals surface area contributed by atoms with E-state index < -0.39 is 0 Å². The fraction of sp³-hybridized carbons (Fsp3) is 0.667. The highest BCUT2D eigenvalue weighted by molar-refractivity contribution is 5.89. The quantitative estimate of drug-likeness (QED) is 0.593. The molecule has 0 unspecified atom stereocenters. The molecule has 0 aliphatic carbocycles. The predicted octanol–water partition coefficient (Wildman–Crippen LogP) is 0.501. The van der Waals surface area contributed by atoms with Crippen LogP contribution < -0.4 is 10.6 Å². The third-order valence-electron chi connectivity index (χ3n) is 2.53. The van der Waals surface area contributed by atoms with Gasteiger partial charge in [0.2, 0.25) is 0 Å². The number of nitrogens with one attached hydrogen (secondary N) is 2. The van der Waals surface area contributed by atoms with Crippen molar-refractivity contribution in [3.05, 3.63) is 12.4 Å². The van der Waals surface area contributed by atoms with E-state index in [9.17, 15) is 0 Å². The van der Waals surface area contributed by atoms with E-state index in [0.29, 0.717) is 5.92 Å². The van der Waals surface area contributed by atoms with Gasteiger partial charge in [-0.2, -0.15) is 0 Å². The molecule has 0 amide bonds. The van der Waals surface area contributed by atoms with Crippen LogP contribution in [0.25, 0.3) is 0 Å². The molecule has 2 heterocycles. The Morgan fingerprint density at radius 3 is 2.83 bits per heavy atom. The number of piperidine rings is 1. The summed E-state index contributed by atoms with van der Waals surface area (Å²) in [5.41, 5.74) is 1.33. The Hall–Kier alpha value is -0.830. The van der Waals surface area contributed by atoms with Crippen molar-refractivity contribution in [3.8, 4) is 0 Å². The first kappa shape index (κ1) is 7.80. The lowest BCUT2D eigenvalue weighted by atomic mass is 9.92. The summed E-state index contributed by atoms with van der Waals surface area (Å²) in [6.07, 6.45) is 6.26. The van der Waals surface area contributed by atoms with Gasteiger partial charge in [0.05, 0.1) is 6.54 Å². The van der Waals surface area contributed by atoms with Crippen LogP contribution in [-0.2, 0) is 0 Å². The van der Waals surface area contributed by atoms with Gasteiger partial charge in [-0.15, -0.1) is 0 Å². The molecule has 3 heteroatoms. The highest BCUT2D eigenvalue weighted by atomic mass is 14.9. The predicted molar refractivity (Wildman–Crippen MR) is 50.2 cm³/mol. The molecule has 0 radical (unpaired) electrons. The van der Waals surface area contributed by atoms with Crippen molar-refractivity contribution in [2.75, 3.05) is 19.6 Å². The van der Waals surface area contributed by atoms with E-state index in [1.165, 1.54) is 18.6 Å². The highest BCUT2D eigenvalue weighted by Gasteiger charge is 2.18. The maximum atomic E-state index is 4.40. The molecule has 1 saturated heterocycles. The van der Waals surface area contributed by atoms with Crippen LogP contribution in [0.2, 0.25) is 0 Å². The van der Waals surface area contributed by atoms with Gasteiger partial charge in [-0.3, -0.25) is 4.99 Å². The van der Waals surface area contributed by atoms with Gasteiger partial charge in [0.15, 0.2) is 0 Å². The zero-order valence-electron chi connectivity index (χ0n) is 7.21. The van der Waals surface area contributed by atoms with E-state index in [0.717, 1.165) is 19.6 Å². The monoisotopic (exact) mass is 165 g/mol. The Morgan fingerprint density at radius 1 is 1.33 bits per heavy atom. The third-order valence-corrected chi connectivity index (χ3v) is 2.53. The maximum Gasteiger partial charge on any atom is 0.0531 e. The van der Waals surface area contributed by atoms with Crippen molar-refractivity contribution < 1.29 is 0 Å². The number of aliphatic imine (C=N–C) groups is 1. The molecule has 0 atom stereocenters. The standard InChI is InChI=1S/C9H15N3/c1-3-10-4-2-8(1)9-7-11-5-6-12-9/h5-6,8,10-11H,1-4,7H2. The second kappa shape index (κ2) is 3.72. The van der Waals surface area contributed by atoms with Gasteiger partial charge in [0, 0.05) is 24.0 Å². The minimum atomic E-state index is 0.712. The second-order valence-electron chi connectivity index (χ2n) is 3.34. The van der Waals surface area contributed by atoms with Crippen molar-refractivity contribution in [1.82, 2.24) is 10.6 Å². The Morgan fingerprint density at radius 2 is 2.17 bits per heavy atom. The van der Waals surface area contributed by atoms with Crippen molar-refractivity contribution in [2.24, 2.45) is 10.9 Å². The molecule has 0 bridgehead atoms. The van der Waals surface area contributed by atoms with Crippen LogP contribution in [0.5, 0.6) is 0 Å². The van der Waals surface area contributed by atoms with Crippen molar-refractivity contribution in [2.45, 2.75) is 12.8 Å². The molecular formula is C9H15N3. The summed E-state index contributed by atoms with van der Waals surface area (Å²) >= 11 is 0. The fourth-order valence-electron chi connectivity index (χ4n) is 1.80. The van der Waals surface area contributed by atoms with Crippen LogP contribution >= 0.6 is 0 Å². The first-order valence-electron chi connectivity index (χ1n) is 4.62. The molecule has 0 spiro atoms. The number of hydrogen-bond acceptors (Lipinski definition) is 3. The molecule has 0 aromatic rings. The average molecular weight is 165 g/mol. The van der Waals surface area contributed by atoms with Crippen LogP contribution in [0.3, 0.4) is 0 Å². The molecule has 66 valence electrons. The Kier molecular flexibility index (Phi) is 2.42. The second-order valence-corrected chi connectivity index (χ2v) is 3.34. The van der Waals surface area contributed by atoms with Gasteiger partial charge in [-0.1, -0.05) is 0 Å². The zero-order chi connectivity index (χ0) is 8.23. The Labute approximate surface area is 73.0 Å². The summed E-state index contributed by atoms with van der Waals surface area (Å²) in [5, 5.41) is 6.56. The van der Waals surface area contributed by atoms with Crippen LogP contribution in [0.4, 0.5) is 0 Å². The topological polar surface area (TPSA) is 36.4 Å². The van der Waals surface area contributed by atoms with E-state index in [1.807, 2.05) is 12.4 Å². The normalized spacial score (nSPS) is 24.8. The van der Waals surface area contributed by atoms with E-state index in [2.05, 4.69) is 15.6 Å². The van der Waals surface area contributed by atoms with E-state index in [-0.39, 0.29) is 0 Å². The molecule has 0 saturated carbocycles. The lowest BCUT2D eigenvalue weighted by molar-refractivity contribution is 0.452. The molecule has 1 fully saturated rings. The minimum absolute atomic E-state index is 0.712. The molecule has 0 aromatic carbocycles. The summed E-state index contributed by atoms with van der Waals surface area (Å²) in [6.45, 7) is 3.24. The van der Waals surface area contributed by atoms with Crippen molar-refractivity contribution >= 4 is 5.71 Å². The average Bonchev–Trinajstić information content (AvgIpc) is 2.21. The first-order chi connectivity index (χ1) is 5.97. The molecule has 0 aromatic heterocycles.